The molecule has 0 radical (unpaired) electrons. The van der Waals surface area contributed by atoms with E-state index in [1.165, 1.54) is 11.3 Å². The molecule has 0 bridgehead atoms. The van der Waals surface area contributed by atoms with Gasteiger partial charge in [0.25, 0.3) is 5.91 Å². The van der Waals surface area contributed by atoms with Crippen LogP contribution in [0.3, 0.4) is 0 Å². The number of nitrogens with one attached hydrogen (secondary N) is 1. The Hall–Kier alpha value is -0.670. The summed E-state index contributed by atoms with van der Waals surface area (Å²) in [5.41, 5.74) is 5.75. The number of thiophene rings is 1. The minimum Gasteiger partial charge on any atom is -0.335 e. The van der Waals surface area contributed by atoms with Crippen LogP contribution in [0, 0.1) is 5.92 Å². The number of carbonyl (C=O) groups excluding carboxylic acids is 1. The fraction of sp³-hybridized carbons (Fsp3) is 0.722. The predicted molar refractivity (Wildman–Crippen MR) is 111 cm³/mol. The summed E-state index contributed by atoms with van der Waals surface area (Å²) in [7, 11) is -3.69. The van der Waals surface area contributed by atoms with Crippen molar-refractivity contribution < 1.29 is 13.2 Å². The smallest absolute Gasteiger partial charge is 0.265 e. The van der Waals surface area contributed by atoms with E-state index in [9.17, 15) is 13.2 Å². The first-order valence-electron chi connectivity index (χ1n) is 9.53. The second-order valence-corrected chi connectivity index (χ2v) is 10.2. The summed E-state index contributed by atoms with van der Waals surface area (Å²) in [5.74, 6) is 0.0998. The number of rotatable bonds is 5. The summed E-state index contributed by atoms with van der Waals surface area (Å²) >= 11 is 1.21. The molecule has 1 saturated heterocycles. The van der Waals surface area contributed by atoms with E-state index in [0.717, 1.165) is 44.9 Å². The molecule has 2 fully saturated rings. The van der Waals surface area contributed by atoms with Crippen LogP contribution >= 0.6 is 23.7 Å². The Morgan fingerprint density at radius 1 is 1.30 bits per heavy atom. The van der Waals surface area contributed by atoms with Crippen molar-refractivity contribution in [1.29, 1.82) is 0 Å². The third-order valence-electron chi connectivity index (χ3n) is 5.55. The van der Waals surface area contributed by atoms with Crippen LogP contribution in [0.25, 0.3) is 0 Å². The fourth-order valence-electron chi connectivity index (χ4n) is 4.07. The number of hydrogen-bond acceptors (Lipinski definition) is 5. The quantitative estimate of drug-likeness (QED) is 0.695. The van der Waals surface area contributed by atoms with E-state index in [4.69, 9.17) is 5.73 Å². The topological polar surface area (TPSA) is 92.5 Å². The number of amides is 1. The number of likely N-dealkylation sites (tertiary alicyclic amines) is 1. The zero-order valence-corrected chi connectivity index (χ0v) is 18.2. The van der Waals surface area contributed by atoms with Crippen molar-refractivity contribution in [3.63, 3.8) is 0 Å². The lowest BCUT2D eigenvalue weighted by atomic mass is 10.1. The number of carbonyl (C=O) groups is 1. The standard InChI is InChI=1S/C18H29N3O3S2.ClH/c1-13-10-14(11-19)12-21(13)18(22)17-16(8-9-25-17)26(23,24)20-15-6-4-2-3-5-7-15;/h8-9,13-15,20H,2-7,10-12,19H2,1H3;1H. The lowest BCUT2D eigenvalue weighted by Gasteiger charge is -2.22. The van der Waals surface area contributed by atoms with Crippen molar-refractivity contribution in [3.8, 4) is 0 Å². The van der Waals surface area contributed by atoms with E-state index in [1.54, 1.807) is 16.3 Å². The maximum Gasteiger partial charge on any atom is 0.265 e. The molecule has 0 spiro atoms. The molecule has 1 aromatic rings. The van der Waals surface area contributed by atoms with Gasteiger partial charge in [-0.1, -0.05) is 25.7 Å². The molecule has 1 amide bonds. The third-order valence-corrected chi connectivity index (χ3v) is 8.14. The first-order valence-corrected chi connectivity index (χ1v) is 11.9. The van der Waals surface area contributed by atoms with Gasteiger partial charge in [0.1, 0.15) is 9.77 Å². The molecule has 3 rings (SSSR count). The summed E-state index contributed by atoms with van der Waals surface area (Å²) in [4.78, 5) is 15.2. The first kappa shape index (κ1) is 22.6. The van der Waals surface area contributed by atoms with Crippen LogP contribution in [0.2, 0.25) is 0 Å². The molecule has 0 aromatic carbocycles. The van der Waals surface area contributed by atoms with Crippen LogP contribution in [0.1, 0.15) is 61.5 Å². The Morgan fingerprint density at radius 2 is 1.96 bits per heavy atom. The second kappa shape index (κ2) is 9.69. The highest BCUT2D eigenvalue weighted by atomic mass is 35.5. The van der Waals surface area contributed by atoms with Crippen molar-refractivity contribution in [2.24, 2.45) is 11.7 Å². The highest BCUT2D eigenvalue weighted by molar-refractivity contribution is 7.89. The number of sulfonamides is 1. The Balaban J connectivity index is 0.00000261. The van der Waals surface area contributed by atoms with Crippen molar-refractivity contribution in [3.05, 3.63) is 16.3 Å². The highest BCUT2D eigenvalue weighted by Gasteiger charge is 2.35. The number of nitrogens with two attached hydrogens (primary N) is 1. The molecule has 1 aliphatic heterocycles. The summed E-state index contributed by atoms with van der Waals surface area (Å²) in [5, 5.41) is 1.69. The lowest BCUT2D eigenvalue weighted by Crippen LogP contribution is -2.37. The van der Waals surface area contributed by atoms with Crippen LogP contribution < -0.4 is 10.5 Å². The normalized spacial score (nSPS) is 24.4. The summed E-state index contributed by atoms with van der Waals surface area (Å²) in [6.07, 6.45) is 7.03. The van der Waals surface area contributed by atoms with Gasteiger partial charge in [-0.25, -0.2) is 13.1 Å². The summed E-state index contributed by atoms with van der Waals surface area (Å²) in [6.45, 7) is 3.15. The van der Waals surface area contributed by atoms with Crippen LogP contribution in [0.15, 0.2) is 16.3 Å². The van der Waals surface area contributed by atoms with Gasteiger partial charge in [0, 0.05) is 18.6 Å². The summed E-state index contributed by atoms with van der Waals surface area (Å²) < 4.78 is 28.7. The van der Waals surface area contributed by atoms with Gasteiger partial charge in [0.2, 0.25) is 10.0 Å². The van der Waals surface area contributed by atoms with Crippen LogP contribution in [-0.2, 0) is 10.0 Å². The Kier molecular flexibility index (Phi) is 8.12. The van der Waals surface area contributed by atoms with Crippen LogP contribution in [0.4, 0.5) is 0 Å². The van der Waals surface area contributed by atoms with Crippen molar-refractivity contribution in [2.45, 2.75) is 68.8 Å². The van der Waals surface area contributed by atoms with Gasteiger partial charge in [0.15, 0.2) is 0 Å². The average Bonchev–Trinajstić information content (AvgIpc) is 3.16. The molecule has 3 N–H and O–H groups in total. The van der Waals surface area contributed by atoms with Gasteiger partial charge >= 0.3 is 0 Å². The largest absolute Gasteiger partial charge is 0.335 e. The fourth-order valence-corrected chi connectivity index (χ4v) is 6.75. The van der Waals surface area contributed by atoms with E-state index >= 15 is 0 Å². The zero-order chi connectivity index (χ0) is 18.7. The third kappa shape index (κ3) is 5.23. The van der Waals surface area contributed by atoms with E-state index in [2.05, 4.69) is 4.72 Å². The minimum absolute atomic E-state index is 0. The molecule has 2 aliphatic rings. The van der Waals surface area contributed by atoms with Crippen LogP contribution in [-0.4, -0.2) is 44.4 Å². The van der Waals surface area contributed by atoms with E-state index < -0.39 is 10.0 Å². The maximum absolute atomic E-state index is 13.0. The molecule has 2 unspecified atom stereocenters. The number of nitrogens with zero attached hydrogens (tertiary/aromatic N) is 1. The molecule has 9 heteroatoms. The van der Waals surface area contributed by atoms with Gasteiger partial charge in [0.05, 0.1) is 0 Å². The number of halogens is 1. The predicted octanol–water partition coefficient (Wildman–Crippen LogP) is 2.98. The molecule has 2 heterocycles. The van der Waals surface area contributed by atoms with Gasteiger partial charge in [-0.2, -0.15) is 0 Å². The average molecular weight is 436 g/mol. The van der Waals surface area contributed by atoms with E-state index in [-0.39, 0.29) is 41.2 Å². The second-order valence-electron chi connectivity index (χ2n) is 7.57. The van der Waals surface area contributed by atoms with Gasteiger partial charge in [-0.3, -0.25) is 4.79 Å². The van der Waals surface area contributed by atoms with Gasteiger partial charge in [-0.05, 0) is 50.1 Å². The Labute approximate surface area is 172 Å². The summed E-state index contributed by atoms with van der Waals surface area (Å²) in [6, 6.07) is 1.61. The van der Waals surface area contributed by atoms with E-state index in [1.807, 2.05) is 6.92 Å². The molecular formula is C18H30ClN3O3S2. The van der Waals surface area contributed by atoms with Crippen molar-refractivity contribution >= 4 is 39.7 Å². The minimum atomic E-state index is -3.69. The molecular weight excluding hydrogens is 406 g/mol. The first-order chi connectivity index (χ1) is 12.4. The van der Waals surface area contributed by atoms with Crippen LogP contribution in [0.5, 0.6) is 0 Å². The zero-order valence-electron chi connectivity index (χ0n) is 15.7. The molecule has 154 valence electrons. The molecule has 6 nitrogen and oxygen atoms in total. The molecule has 1 aromatic heterocycles. The Bertz CT molecular complexity index is 730. The van der Waals surface area contributed by atoms with Crippen molar-refractivity contribution in [2.75, 3.05) is 13.1 Å². The SMILES string of the molecule is CC1CC(CN)CN1C(=O)c1sccc1S(=O)(=O)NC1CCCCCC1.Cl. The lowest BCUT2D eigenvalue weighted by molar-refractivity contribution is 0.0745. The Morgan fingerprint density at radius 3 is 2.56 bits per heavy atom. The maximum atomic E-state index is 13.0. The molecule has 2 atom stereocenters. The monoisotopic (exact) mass is 435 g/mol. The number of hydrogen-bond donors (Lipinski definition) is 2. The molecule has 1 saturated carbocycles. The highest BCUT2D eigenvalue weighted by Crippen LogP contribution is 2.30. The van der Waals surface area contributed by atoms with Gasteiger partial charge < -0.3 is 10.6 Å². The van der Waals surface area contributed by atoms with E-state index in [0.29, 0.717) is 18.0 Å². The van der Waals surface area contributed by atoms with Crippen molar-refractivity contribution in [1.82, 2.24) is 9.62 Å². The molecule has 1 aliphatic carbocycles. The van der Waals surface area contributed by atoms with Gasteiger partial charge in [-0.15, -0.1) is 23.7 Å². The molecule has 27 heavy (non-hydrogen) atoms.